The van der Waals surface area contributed by atoms with Gasteiger partial charge in [0.15, 0.2) is 0 Å². The van der Waals surface area contributed by atoms with Gasteiger partial charge in [-0.15, -0.1) is 0 Å². The van der Waals surface area contributed by atoms with Gasteiger partial charge >= 0.3 is 17.2 Å². The van der Waals surface area contributed by atoms with Crippen LogP contribution in [0.3, 0.4) is 0 Å². The van der Waals surface area contributed by atoms with Crippen LogP contribution in [0.4, 0.5) is 0 Å². The standard InChI is InChI=1S/C45H42O6P2/c1-7-19-37(20-8-1)44(38-21-9-2-10-22-38,39-23-11-3-12-24-39)35-50-52-46-31-43(32-47-52)33-48-53(49-34-43)51-36-45(40-25-13-4-14-26-40,41-27-15-5-16-28-41)42-29-17-6-18-30-42/h1-30H,31-36H2. The fraction of sp³-hybridized carbons (Fsp3) is 0.200. The lowest BCUT2D eigenvalue weighted by Crippen LogP contribution is -2.45. The maximum absolute atomic E-state index is 6.59. The molecule has 0 aliphatic carbocycles. The third kappa shape index (κ3) is 7.53. The molecule has 0 bridgehead atoms. The minimum absolute atomic E-state index is 0.349. The van der Waals surface area contributed by atoms with Gasteiger partial charge in [0.25, 0.3) is 0 Å². The van der Waals surface area contributed by atoms with Gasteiger partial charge in [-0.05, 0) is 33.4 Å². The van der Waals surface area contributed by atoms with Crippen LogP contribution in [0.15, 0.2) is 182 Å². The molecule has 2 saturated heterocycles. The summed E-state index contributed by atoms with van der Waals surface area (Å²) in [5.74, 6) is 0. The van der Waals surface area contributed by atoms with Gasteiger partial charge in [-0.3, -0.25) is 0 Å². The molecular weight excluding hydrogens is 698 g/mol. The van der Waals surface area contributed by atoms with Crippen molar-refractivity contribution in [1.82, 2.24) is 0 Å². The summed E-state index contributed by atoms with van der Waals surface area (Å²) >= 11 is 0. The van der Waals surface area contributed by atoms with Crippen LogP contribution in [-0.2, 0) is 38.0 Å². The number of hydrogen-bond donors (Lipinski definition) is 0. The number of rotatable bonds is 12. The molecule has 2 fully saturated rings. The lowest BCUT2D eigenvalue weighted by atomic mass is 9.70. The molecule has 8 heteroatoms. The Balaban J connectivity index is 0.943. The summed E-state index contributed by atoms with van der Waals surface area (Å²) in [5, 5.41) is 0. The second-order valence-corrected chi connectivity index (χ2v) is 16.0. The largest absolute Gasteiger partial charge is 0.332 e. The van der Waals surface area contributed by atoms with Crippen molar-refractivity contribution < 1.29 is 27.1 Å². The van der Waals surface area contributed by atoms with E-state index in [1.807, 2.05) is 36.4 Å². The Morgan fingerprint density at radius 2 is 0.566 bits per heavy atom. The molecule has 0 radical (unpaired) electrons. The van der Waals surface area contributed by atoms with E-state index in [2.05, 4.69) is 146 Å². The normalized spacial score (nSPS) is 20.6. The van der Waals surface area contributed by atoms with Crippen LogP contribution in [0.5, 0.6) is 0 Å². The van der Waals surface area contributed by atoms with Crippen LogP contribution >= 0.6 is 17.2 Å². The van der Waals surface area contributed by atoms with Crippen LogP contribution in [0.1, 0.15) is 33.4 Å². The number of hydrogen-bond acceptors (Lipinski definition) is 6. The first kappa shape index (κ1) is 35.9. The van der Waals surface area contributed by atoms with Gasteiger partial charge in [-0.2, -0.15) is 0 Å². The first-order valence-corrected chi connectivity index (χ1v) is 20.1. The van der Waals surface area contributed by atoms with Crippen molar-refractivity contribution in [2.75, 3.05) is 39.6 Å². The van der Waals surface area contributed by atoms with Gasteiger partial charge in [0.2, 0.25) is 0 Å². The second kappa shape index (κ2) is 16.5. The van der Waals surface area contributed by atoms with Crippen molar-refractivity contribution >= 4 is 17.2 Å². The molecule has 8 rings (SSSR count). The van der Waals surface area contributed by atoms with Crippen LogP contribution in [0, 0.1) is 5.41 Å². The Morgan fingerprint density at radius 1 is 0.358 bits per heavy atom. The summed E-state index contributed by atoms with van der Waals surface area (Å²) in [4.78, 5) is 0. The lowest BCUT2D eigenvalue weighted by molar-refractivity contribution is -0.0772. The van der Waals surface area contributed by atoms with Crippen molar-refractivity contribution in [1.29, 1.82) is 0 Å². The molecule has 53 heavy (non-hydrogen) atoms. The smallest absolute Gasteiger partial charge is 0.311 e. The van der Waals surface area contributed by atoms with E-state index in [9.17, 15) is 0 Å². The molecule has 0 N–H and O–H groups in total. The highest BCUT2D eigenvalue weighted by molar-refractivity contribution is 7.42. The Bertz CT molecular complexity index is 1640. The molecule has 0 atom stereocenters. The average molecular weight is 741 g/mol. The van der Waals surface area contributed by atoms with Crippen LogP contribution < -0.4 is 0 Å². The van der Waals surface area contributed by atoms with Crippen LogP contribution in [-0.4, -0.2) is 39.6 Å². The predicted molar refractivity (Wildman–Crippen MR) is 210 cm³/mol. The Kier molecular flexibility index (Phi) is 11.2. The van der Waals surface area contributed by atoms with E-state index in [-0.39, 0.29) is 0 Å². The van der Waals surface area contributed by atoms with Gasteiger partial charge in [-0.1, -0.05) is 182 Å². The summed E-state index contributed by atoms with van der Waals surface area (Å²) in [6.07, 6.45) is 0. The highest BCUT2D eigenvalue weighted by Gasteiger charge is 2.46. The van der Waals surface area contributed by atoms with Crippen LogP contribution in [0.25, 0.3) is 0 Å². The molecule has 2 heterocycles. The Labute approximate surface area is 314 Å². The average Bonchev–Trinajstić information content (AvgIpc) is 3.25. The summed E-state index contributed by atoms with van der Waals surface area (Å²) in [6.45, 7) is 2.30. The Morgan fingerprint density at radius 3 is 0.774 bits per heavy atom. The van der Waals surface area contributed by atoms with E-state index < -0.39 is 33.4 Å². The van der Waals surface area contributed by atoms with Crippen molar-refractivity contribution in [3.8, 4) is 0 Å². The van der Waals surface area contributed by atoms with E-state index in [1.54, 1.807) is 0 Å². The summed E-state index contributed by atoms with van der Waals surface area (Å²) < 4.78 is 38.5. The molecule has 6 aromatic carbocycles. The third-order valence-corrected chi connectivity index (χ3v) is 12.3. The second-order valence-electron chi connectivity index (χ2n) is 13.6. The molecule has 2 aliphatic rings. The first-order chi connectivity index (χ1) is 26.2. The quantitative estimate of drug-likeness (QED) is 0.0920. The molecule has 6 aromatic rings. The minimum atomic E-state index is -1.61. The fourth-order valence-electron chi connectivity index (χ4n) is 7.37. The topological polar surface area (TPSA) is 55.4 Å². The van der Waals surface area contributed by atoms with Crippen LogP contribution in [0.2, 0.25) is 0 Å². The maximum atomic E-state index is 6.59. The molecule has 2 aliphatic heterocycles. The highest BCUT2D eigenvalue weighted by Crippen LogP contribution is 2.55. The fourth-order valence-corrected chi connectivity index (χ4v) is 9.93. The molecule has 0 unspecified atom stereocenters. The zero-order valence-electron chi connectivity index (χ0n) is 29.4. The van der Waals surface area contributed by atoms with Gasteiger partial charge < -0.3 is 27.1 Å². The van der Waals surface area contributed by atoms with Crippen molar-refractivity contribution in [2.45, 2.75) is 10.8 Å². The van der Waals surface area contributed by atoms with Crippen molar-refractivity contribution in [3.63, 3.8) is 0 Å². The van der Waals surface area contributed by atoms with E-state index in [4.69, 9.17) is 27.1 Å². The highest BCUT2D eigenvalue weighted by atomic mass is 31.2. The van der Waals surface area contributed by atoms with E-state index >= 15 is 0 Å². The molecule has 268 valence electrons. The van der Waals surface area contributed by atoms with E-state index in [1.165, 1.54) is 0 Å². The summed E-state index contributed by atoms with van der Waals surface area (Å²) in [7, 11) is -3.21. The zero-order valence-corrected chi connectivity index (χ0v) is 31.2. The molecule has 6 nitrogen and oxygen atoms in total. The maximum Gasteiger partial charge on any atom is 0.332 e. The molecular formula is C45H42O6P2. The SMILES string of the molecule is c1ccc(C(COP2OCC3(CO2)COP(OCC(c2ccccc2)(c2ccccc2)c2ccccc2)OC3)(c2ccccc2)c2ccccc2)cc1. The van der Waals surface area contributed by atoms with E-state index in [0.717, 1.165) is 33.4 Å². The third-order valence-electron chi connectivity index (χ3n) is 10.3. The van der Waals surface area contributed by atoms with Crippen molar-refractivity contribution in [2.24, 2.45) is 5.41 Å². The molecule has 0 amide bonds. The molecule has 1 spiro atoms. The first-order valence-electron chi connectivity index (χ1n) is 17.9. The minimum Gasteiger partial charge on any atom is -0.311 e. The summed E-state index contributed by atoms with van der Waals surface area (Å²) in [6, 6.07) is 63.1. The number of benzene rings is 6. The lowest BCUT2D eigenvalue weighted by Gasteiger charge is -2.43. The molecule has 0 aromatic heterocycles. The van der Waals surface area contributed by atoms with Gasteiger partial charge in [0, 0.05) is 0 Å². The summed E-state index contributed by atoms with van der Waals surface area (Å²) in [5.41, 5.74) is 5.25. The molecule has 0 saturated carbocycles. The van der Waals surface area contributed by atoms with Gasteiger partial charge in [0.1, 0.15) is 0 Å². The monoisotopic (exact) mass is 740 g/mol. The van der Waals surface area contributed by atoms with E-state index in [0.29, 0.717) is 39.6 Å². The van der Waals surface area contributed by atoms with Gasteiger partial charge in [-0.25, -0.2) is 0 Å². The van der Waals surface area contributed by atoms with Crippen molar-refractivity contribution in [3.05, 3.63) is 215 Å². The zero-order chi connectivity index (χ0) is 35.8. The Hall–Kier alpha value is -4.06. The predicted octanol–water partition coefficient (Wildman–Crippen LogP) is 10.6. The van der Waals surface area contributed by atoms with Gasteiger partial charge in [0.05, 0.1) is 55.9 Å².